The normalized spacial score (nSPS) is 20.4. The fraction of sp³-hybridized carbons (Fsp3) is 0.350. The topological polar surface area (TPSA) is 69.5 Å². The van der Waals surface area contributed by atoms with E-state index in [1.165, 1.54) is 0 Å². The Bertz CT molecular complexity index is 829. The molecule has 1 aromatic heterocycles. The largest absolute Gasteiger partial charge is 0.455 e. The van der Waals surface area contributed by atoms with Gasteiger partial charge in [0, 0.05) is 25.3 Å². The Morgan fingerprint density at radius 3 is 2.69 bits per heavy atom. The molecule has 1 atom stereocenters. The maximum Gasteiger partial charge on any atom is 0.276 e. The number of aromatic nitrogens is 1. The fourth-order valence-electron chi connectivity index (χ4n) is 3.34. The Balaban J connectivity index is 1.52. The van der Waals surface area contributed by atoms with Crippen LogP contribution in [0.4, 0.5) is 0 Å². The zero-order chi connectivity index (χ0) is 17.9. The minimum Gasteiger partial charge on any atom is -0.455 e. The van der Waals surface area contributed by atoms with Crippen molar-refractivity contribution >= 4 is 5.91 Å². The van der Waals surface area contributed by atoms with Crippen LogP contribution in [0.1, 0.15) is 23.3 Å². The maximum absolute atomic E-state index is 13.0. The van der Waals surface area contributed by atoms with Crippen LogP contribution in [0.2, 0.25) is 0 Å². The van der Waals surface area contributed by atoms with Crippen molar-refractivity contribution in [3.8, 4) is 17.6 Å². The number of pyridine rings is 1. The number of piperazine rings is 1. The highest BCUT2D eigenvalue weighted by atomic mass is 16.5. The van der Waals surface area contributed by atoms with Crippen LogP contribution in [-0.2, 0) is 0 Å². The highest BCUT2D eigenvalue weighted by Gasteiger charge is 2.39. The van der Waals surface area contributed by atoms with Crippen LogP contribution in [0, 0.1) is 11.3 Å². The molecule has 132 valence electrons. The minimum absolute atomic E-state index is 0.188. The maximum atomic E-state index is 13.0. The van der Waals surface area contributed by atoms with E-state index in [4.69, 9.17) is 4.74 Å². The molecule has 2 heterocycles. The van der Waals surface area contributed by atoms with Gasteiger partial charge in [0.05, 0.1) is 12.6 Å². The second-order valence-corrected chi connectivity index (χ2v) is 6.63. The molecular formula is C20H20N4O2. The number of carbonyl (C=O) groups is 1. The quantitative estimate of drug-likeness (QED) is 0.850. The van der Waals surface area contributed by atoms with Crippen molar-refractivity contribution < 1.29 is 9.53 Å². The van der Waals surface area contributed by atoms with Gasteiger partial charge in [0.15, 0.2) is 11.4 Å². The van der Waals surface area contributed by atoms with Gasteiger partial charge < -0.3 is 9.64 Å². The first kappa shape index (κ1) is 16.6. The molecule has 6 heteroatoms. The molecule has 1 saturated carbocycles. The van der Waals surface area contributed by atoms with E-state index >= 15 is 0 Å². The van der Waals surface area contributed by atoms with Gasteiger partial charge in [-0.05, 0) is 37.1 Å². The minimum atomic E-state index is -0.248. The van der Waals surface area contributed by atoms with Gasteiger partial charge in [-0.15, -0.1) is 0 Å². The highest BCUT2D eigenvalue weighted by molar-refractivity contribution is 5.95. The average Bonchev–Trinajstić information content (AvgIpc) is 3.53. The molecule has 26 heavy (non-hydrogen) atoms. The van der Waals surface area contributed by atoms with Crippen LogP contribution in [0.5, 0.6) is 11.5 Å². The van der Waals surface area contributed by atoms with E-state index in [2.05, 4.69) is 16.0 Å². The molecule has 0 bridgehead atoms. The lowest BCUT2D eigenvalue weighted by Gasteiger charge is -2.38. The van der Waals surface area contributed by atoms with Gasteiger partial charge in [-0.1, -0.05) is 18.2 Å². The summed E-state index contributed by atoms with van der Waals surface area (Å²) in [6, 6.07) is 15.4. The lowest BCUT2D eigenvalue weighted by atomic mass is 10.1. The number of amides is 1. The standard InChI is InChI=1S/C20H20N4O2/c21-13-16-14-23(11-12-24(16)15-8-9-15)20(25)19-18(7-4-10-22-19)26-17-5-2-1-3-6-17/h1-7,10,15-16H,8-9,11-12,14H2. The van der Waals surface area contributed by atoms with Crippen molar-refractivity contribution in [2.45, 2.75) is 24.9 Å². The van der Waals surface area contributed by atoms with Gasteiger partial charge in [-0.25, -0.2) is 4.98 Å². The molecule has 1 unspecified atom stereocenters. The summed E-state index contributed by atoms with van der Waals surface area (Å²) >= 11 is 0. The molecule has 1 aliphatic heterocycles. The summed E-state index contributed by atoms with van der Waals surface area (Å²) in [6.45, 7) is 1.75. The number of rotatable bonds is 4. The first-order valence-corrected chi connectivity index (χ1v) is 8.89. The molecular weight excluding hydrogens is 328 g/mol. The predicted octanol–water partition coefficient (Wildman–Crippen LogP) is 2.69. The van der Waals surface area contributed by atoms with Crippen molar-refractivity contribution in [1.82, 2.24) is 14.8 Å². The molecule has 0 N–H and O–H groups in total. The number of para-hydroxylation sites is 1. The molecule has 0 spiro atoms. The lowest BCUT2D eigenvalue weighted by Crippen LogP contribution is -2.55. The Morgan fingerprint density at radius 2 is 1.96 bits per heavy atom. The van der Waals surface area contributed by atoms with Crippen LogP contribution in [0.25, 0.3) is 0 Å². The molecule has 2 aromatic rings. The molecule has 4 rings (SSSR count). The number of ether oxygens (including phenoxy) is 1. The second kappa shape index (κ2) is 7.14. The van der Waals surface area contributed by atoms with Crippen LogP contribution < -0.4 is 4.74 Å². The highest BCUT2D eigenvalue weighted by Crippen LogP contribution is 2.31. The van der Waals surface area contributed by atoms with Gasteiger partial charge in [0.25, 0.3) is 5.91 Å². The number of nitriles is 1. The van der Waals surface area contributed by atoms with Crippen molar-refractivity contribution in [3.63, 3.8) is 0 Å². The summed E-state index contributed by atoms with van der Waals surface area (Å²) in [7, 11) is 0. The van der Waals surface area contributed by atoms with Crippen LogP contribution in [0.15, 0.2) is 48.7 Å². The molecule has 1 aromatic carbocycles. The Labute approximate surface area is 152 Å². The summed E-state index contributed by atoms with van der Waals surface area (Å²) in [5, 5.41) is 9.49. The Hall–Kier alpha value is -2.91. The van der Waals surface area contributed by atoms with E-state index in [1.807, 2.05) is 30.3 Å². The Kier molecular flexibility index (Phi) is 4.55. The summed E-state index contributed by atoms with van der Waals surface area (Å²) < 4.78 is 5.86. The summed E-state index contributed by atoms with van der Waals surface area (Å²) in [4.78, 5) is 21.2. The van der Waals surface area contributed by atoms with Crippen LogP contribution in [-0.4, -0.2) is 52.4 Å². The van der Waals surface area contributed by atoms with Gasteiger partial charge in [0.2, 0.25) is 0 Å². The summed E-state index contributed by atoms with van der Waals surface area (Å²) in [6.07, 6.45) is 3.90. The number of carbonyl (C=O) groups excluding carboxylic acids is 1. The van der Waals surface area contributed by atoms with E-state index in [-0.39, 0.29) is 17.6 Å². The first-order chi connectivity index (χ1) is 12.8. The third kappa shape index (κ3) is 3.39. The molecule has 1 amide bonds. The van der Waals surface area contributed by atoms with E-state index < -0.39 is 0 Å². The second-order valence-electron chi connectivity index (χ2n) is 6.63. The SMILES string of the molecule is N#CC1CN(C(=O)c2ncccc2Oc2ccccc2)CCN1C1CC1. The number of benzene rings is 1. The lowest BCUT2D eigenvalue weighted by molar-refractivity contribution is 0.0542. The van der Waals surface area contributed by atoms with E-state index in [0.717, 1.165) is 19.4 Å². The fourth-order valence-corrected chi connectivity index (χ4v) is 3.34. The zero-order valence-electron chi connectivity index (χ0n) is 14.4. The first-order valence-electron chi connectivity index (χ1n) is 8.89. The third-order valence-electron chi connectivity index (χ3n) is 4.82. The van der Waals surface area contributed by atoms with E-state index in [1.54, 1.807) is 23.2 Å². The number of hydrogen-bond donors (Lipinski definition) is 0. The van der Waals surface area contributed by atoms with E-state index in [9.17, 15) is 10.1 Å². The monoisotopic (exact) mass is 348 g/mol. The smallest absolute Gasteiger partial charge is 0.276 e. The van der Waals surface area contributed by atoms with Gasteiger partial charge in [-0.2, -0.15) is 5.26 Å². The third-order valence-corrected chi connectivity index (χ3v) is 4.82. The van der Waals surface area contributed by atoms with E-state index in [0.29, 0.717) is 30.6 Å². The van der Waals surface area contributed by atoms with Gasteiger partial charge in [0.1, 0.15) is 11.8 Å². The number of hydrogen-bond acceptors (Lipinski definition) is 5. The van der Waals surface area contributed by atoms with Crippen molar-refractivity contribution in [2.75, 3.05) is 19.6 Å². The molecule has 2 aliphatic rings. The molecule has 2 fully saturated rings. The molecule has 1 aliphatic carbocycles. The average molecular weight is 348 g/mol. The molecule has 1 saturated heterocycles. The van der Waals surface area contributed by atoms with Crippen molar-refractivity contribution in [2.24, 2.45) is 0 Å². The van der Waals surface area contributed by atoms with Crippen LogP contribution >= 0.6 is 0 Å². The Morgan fingerprint density at radius 1 is 1.15 bits per heavy atom. The summed E-state index contributed by atoms with van der Waals surface area (Å²) in [5.74, 6) is 0.900. The molecule has 6 nitrogen and oxygen atoms in total. The predicted molar refractivity (Wildman–Crippen MR) is 95.8 cm³/mol. The molecule has 0 radical (unpaired) electrons. The van der Waals surface area contributed by atoms with Crippen molar-refractivity contribution in [3.05, 3.63) is 54.4 Å². The van der Waals surface area contributed by atoms with Crippen molar-refractivity contribution in [1.29, 1.82) is 5.26 Å². The van der Waals surface area contributed by atoms with Gasteiger partial charge in [-0.3, -0.25) is 9.69 Å². The van der Waals surface area contributed by atoms with Gasteiger partial charge >= 0.3 is 0 Å². The summed E-state index contributed by atoms with van der Waals surface area (Å²) in [5.41, 5.74) is 0.285. The van der Waals surface area contributed by atoms with Crippen LogP contribution in [0.3, 0.4) is 0 Å². The zero-order valence-corrected chi connectivity index (χ0v) is 14.4. The number of nitrogens with zero attached hydrogens (tertiary/aromatic N) is 4.